The van der Waals surface area contributed by atoms with Crippen LogP contribution in [0.15, 0.2) is 35.3 Å². The van der Waals surface area contributed by atoms with Gasteiger partial charge in [-0.3, -0.25) is 48.1 Å². The molecular weight excluding hydrogens is 750 g/mol. The van der Waals surface area contributed by atoms with E-state index in [-0.39, 0.29) is 29.2 Å². The minimum atomic E-state index is -1.78. The second kappa shape index (κ2) is 19.9. The number of anilines is 2. The van der Waals surface area contributed by atoms with Crippen molar-refractivity contribution in [3.05, 3.63) is 52.1 Å². The highest BCUT2D eigenvalue weighted by Crippen LogP contribution is 2.12. The number of aromatic amines is 1. The van der Waals surface area contributed by atoms with E-state index < -0.39 is 116 Å². The van der Waals surface area contributed by atoms with E-state index in [2.05, 4.69) is 35.9 Å². The zero-order chi connectivity index (χ0) is 41.5. The molecule has 3 atom stereocenters. The van der Waals surface area contributed by atoms with Crippen molar-refractivity contribution in [2.75, 3.05) is 24.1 Å². The number of aliphatic carboxylic acids is 4. The molecule has 0 radical (unpaired) electrons. The van der Waals surface area contributed by atoms with Crippen LogP contribution >= 0.6 is 0 Å². The van der Waals surface area contributed by atoms with Gasteiger partial charge in [-0.05, 0) is 30.7 Å². The summed E-state index contributed by atoms with van der Waals surface area (Å²) in [4.78, 5) is 134. The first-order chi connectivity index (χ1) is 26.4. The minimum Gasteiger partial charge on any atom is -0.481 e. The van der Waals surface area contributed by atoms with Crippen molar-refractivity contribution in [2.24, 2.45) is 0 Å². The highest BCUT2D eigenvalue weighted by Gasteiger charge is 2.28. The van der Waals surface area contributed by atoms with Gasteiger partial charge in [0, 0.05) is 17.7 Å². The second-order valence-electron chi connectivity index (χ2n) is 11.6. The number of fused-ring (bicyclic) bond motifs is 1. The molecule has 0 aliphatic heterocycles. The lowest BCUT2D eigenvalue weighted by atomic mass is 10.1. The third-order valence-electron chi connectivity index (χ3n) is 7.27. The van der Waals surface area contributed by atoms with Crippen molar-refractivity contribution in [1.82, 2.24) is 46.5 Å². The van der Waals surface area contributed by atoms with Crippen LogP contribution in [0.3, 0.4) is 0 Å². The Labute approximate surface area is 312 Å². The van der Waals surface area contributed by atoms with E-state index >= 15 is 0 Å². The Balaban J connectivity index is 1.52. The lowest BCUT2D eigenvalue weighted by Gasteiger charge is -2.19. The number of hydrogen-bond acceptors (Lipinski definition) is 15. The molecule has 3 aromatic rings. The predicted octanol–water partition coefficient (Wildman–Crippen LogP) is -3.89. The number of carboxylic acids is 4. The molecule has 0 bridgehead atoms. The number of amides is 5. The lowest BCUT2D eigenvalue weighted by Crippen LogP contribution is -2.53. The number of hydrogen-bond donors (Lipinski definition) is 12. The van der Waals surface area contributed by atoms with Gasteiger partial charge in [0.05, 0.1) is 37.8 Å². The third kappa shape index (κ3) is 13.7. The van der Waals surface area contributed by atoms with E-state index in [1.54, 1.807) is 0 Å². The summed E-state index contributed by atoms with van der Waals surface area (Å²) in [6, 6.07) is 0.651. The standard InChI is InChI=1S/C31H35N11O14/c32-31-41-25-24(29(54)42-31)37-15(10-34-25)9-33-14-3-1-13(2-4-14)26(51)40-16(30(55)56)5-6-19(43)38-17(7-21(45)46)27(52)35-11-20(44)39-18(8-22(47)48)28(53)36-12-23(49)50/h1-4,10,16-18,33H,5-9,11-12H2,(H,35,52)(H,36,53)(H,38,43)(H,39,44)(H,40,51)(H,45,46)(H,47,48)(H,49,50)(H,55,56)(H3,32,34,41,42,54). The zero-order valence-corrected chi connectivity index (χ0v) is 28.9. The summed E-state index contributed by atoms with van der Waals surface area (Å²) in [5, 5.41) is 49.8. The summed E-state index contributed by atoms with van der Waals surface area (Å²) < 4.78 is 0. The van der Waals surface area contributed by atoms with Gasteiger partial charge in [0.25, 0.3) is 11.5 Å². The highest BCUT2D eigenvalue weighted by molar-refractivity contribution is 5.97. The molecule has 56 heavy (non-hydrogen) atoms. The number of carbonyl (C=O) groups is 9. The summed E-state index contributed by atoms with van der Waals surface area (Å²) in [6.45, 7) is -1.68. The highest BCUT2D eigenvalue weighted by atomic mass is 16.4. The quantitative estimate of drug-likeness (QED) is 0.0491. The van der Waals surface area contributed by atoms with E-state index in [1.165, 1.54) is 30.5 Å². The molecule has 5 amide bonds. The molecule has 2 aromatic heterocycles. The second-order valence-corrected chi connectivity index (χ2v) is 11.6. The van der Waals surface area contributed by atoms with E-state index in [0.717, 1.165) is 0 Å². The zero-order valence-electron chi connectivity index (χ0n) is 28.9. The lowest BCUT2D eigenvalue weighted by molar-refractivity contribution is -0.141. The molecule has 0 spiro atoms. The Bertz CT molecular complexity index is 2070. The van der Waals surface area contributed by atoms with Crippen LogP contribution in [0.25, 0.3) is 11.2 Å². The maximum Gasteiger partial charge on any atom is 0.326 e. The molecule has 3 unspecified atom stereocenters. The van der Waals surface area contributed by atoms with Gasteiger partial charge in [-0.25, -0.2) is 14.8 Å². The summed E-state index contributed by atoms with van der Waals surface area (Å²) in [7, 11) is 0. The molecule has 1 aromatic carbocycles. The van der Waals surface area contributed by atoms with Gasteiger partial charge in [-0.2, -0.15) is 4.98 Å². The first-order valence-electron chi connectivity index (χ1n) is 16.1. The van der Waals surface area contributed by atoms with Crippen LogP contribution < -0.4 is 43.2 Å². The van der Waals surface area contributed by atoms with Gasteiger partial charge < -0.3 is 58.1 Å². The van der Waals surface area contributed by atoms with Crippen molar-refractivity contribution in [3.8, 4) is 0 Å². The maximum atomic E-state index is 12.8. The summed E-state index contributed by atoms with van der Waals surface area (Å²) in [6.07, 6.45) is -1.65. The van der Waals surface area contributed by atoms with Gasteiger partial charge >= 0.3 is 23.9 Å². The smallest absolute Gasteiger partial charge is 0.326 e. The number of rotatable bonds is 21. The van der Waals surface area contributed by atoms with Crippen LogP contribution in [0.5, 0.6) is 0 Å². The molecule has 0 fully saturated rings. The fourth-order valence-corrected chi connectivity index (χ4v) is 4.62. The molecule has 0 saturated carbocycles. The number of benzene rings is 1. The van der Waals surface area contributed by atoms with Crippen LogP contribution in [0.4, 0.5) is 11.6 Å². The maximum absolute atomic E-state index is 12.8. The fraction of sp³-hybridized carbons (Fsp3) is 0.323. The minimum absolute atomic E-state index is 0.0167. The molecule has 0 saturated heterocycles. The number of carbonyl (C=O) groups excluding carboxylic acids is 5. The molecule has 298 valence electrons. The van der Waals surface area contributed by atoms with Crippen LogP contribution in [0, 0.1) is 0 Å². The normalized spacial score (nSPS) is 12.2. The average Bonchev–Trinajstić information content (AvgIpc) is 3.12. The monoisotopic (exact) mass is 785 g/mol. The number of H-pyrrole nitrogens is 1. The number of nitrogen functional groups attached to an aromatic ring is 1. The largest absolute Gasteiger partial charge is 0.481 e. The summed E-state index contributed by atoms with van der Waals surface area (Å²) in [5.74, 6) is -11.4. The molecular formula is C31H35N11O14. The first kappa shape index (κ1) is 42.7. The Morgan fingerprint density at radius 3 is 1.89 bits per heavy atom. The first-order valence-corrected chi connectivity index (χ1v) is 16.1. The number of nitrogens with two attached hydrogens (primary N) is 1. The molecule has 0 aliphatic carbocycles. The van der Waals surface area contributed by atoms with Gasteiger partial charge in [0.1, 0.15) is 24.7 Å². The van der Waals surface area contributed by atoms with E-state index in [9.17, 15) is 58.2 Å². The van der Waals surface area contributed by atoms with Crippen molar-refractivity contribution < 1.29 is 63.6 Å². The summed E-state index contributed by atoms with van der Waals surface area (Å²) >= 11 is 0. The van der Waals surface area contributed by atoms with Crippen LogP contribution in [0.2, 0.25) is 0 Å². The Morgan fingerprint density at radius 2 is 1.32 bits per heavy atom. The Hall–Kier alpha value is -7.73. The predicted molar refractivity (Wildman–Crippen MR) is 186 cm³/mol. The van der Waals surface area contributed by atoms with Crippen molar-refractivity contribution in [3.63, 3.8) is 0 Å². The van der Waals surface area contributed by atoms with Crippen LogP contribution in [-0.4, -0.2) is 125 Å². The van der Waals surface area contributed by atoms with Crippen LogP contribution in [-0.2, 0) is 44.9 Å². The van der Waals surface area contributed by atoms with Crippen molar-refractivity contribution in [1.29, 1.82) is 0 Å². The van der Waals surface area contributed by atoms with Crippen molar-refractivity contribution in [2.45, 2.75) is 50.4 Å². The van der Waals surface area contributed by atoms with Gasteiger partial charge in [-0.1, -0.05) is 0 Å². The molecule has 13 N–H and O–H groups in total. The molecule has 25 nitrogen and oxygen atoms in total. The Kier molecular flexibility index (Phi) is 15.2. The number of nitrogens with one attached hydrogen (secondary N) is 7. The summed E-state index contributed by atoms with van der Waals surface area (Å²) in [5.41, 5.74) is 5.93. The molecule has 0 aliphatic rings. The average molecular weight is 786 g/mol. The van der Waals surface area contributed by atoms with Gasteiger partial charge in [0.15, 0.2) is 11.2 Å². The van der Waals surface area contributed by atoms with E-state index in [1.807, 2.05) is 16.0 Å². The SMILES string of the molecule is Nc1nc2ncc(CNc3ccc(C(=O)NC(CCC(=O)NC(CC(=O)O)C(=O)NCC(=O)NC(CC(=O)O)C(=O)NCC(=O)O)C(=O)O)cc3)nc2c(=O)[nH]1. The topological polar surface area (TPSA) is 404 Å². The number of carboxylic acid groups (broad SMARTS) is 4. The molecule has 25 heteroatoms. The van der Waals surface area contributed by atoms with Crippen LogP contribution in [0.1, 0.15) is 41.7 Å². The Morgan fingerprint density at radius 1 is 0.732 bits per heavy atom. The van der Waals surface area contributed by atoms with E-state index in [4.69, 9.17) is 15.9 Å². The van der Waals surface area contributed by atoms with Crippen molar-refractivity contribution >= 4 is 76.2 Å². The number of aromatic nitrogens is 4. The third-order valence-corrected chi connectivity index (χ3v) is 7.27. The molecule has 2 heterocycles. The molecule has 3 rings (SSSR count). The van der Waals surface area contributed by atoms with Gasteiger partial charge in [0.2, 0.25) is 29.6 Å². The number of nitrogens with zero attached hydrogens (tertiary/aromatic N) is 3. The van der Waals surface area contributed by atoms with E-state index in [0.29, 0.717) is 11.4 Å². The van der Waals surface area contributed by atoms with Gasteiger partial charge in [-0.15, -0.1) is 0 Å². The fourth-order valence-electron chi connectivity index (χ4n) is 4.62.